The third-order valence-electron chi connectivity index (χ3n) is 6.11. The number of hydrogen-bond donors (Lipinski definition) is 0. The maximum Gasteiger partial charge on any atom is 0.143 e. The number of aromatic nitrogens is 1. The van der Waals surface area contributed by atoms with E-state index in [2.05, 4.69) is 84.9 Å². The molecule has 150 valence electrons. The van der Waals surface area contributed by atoms with Crippen LogP contribution in [0.3, 0.4) is 0 Å². The molecule has 0 radical (unpaired) electrons. The molecule has 0 fully saturated rings. The van der Waals surface area contributed by atoms with Crippen LogP contribution in [0.1, 0.15) is 0 Å². The van der Waals surface area contributed by atoms with Gasteiger partial charge in [-0.05, 0) is 29.1 Å². The van der Waals surface area contributed by atoms with E-state index in [-0.39, 0.29) is 0 Å². The largest absolute Gasteiger partial charge is 0.455 e. The van der Waals surface area contributed by atoms with Gasteiger partial charge in [-0.1, -0.05) is 84.9 Å². The minimum Gasteiger partial charge on any atom is -0.455 e. The smallest absolute Gasteiger partial charge is 0.143 e. The first-order chi connectivity index (χ1) is 15.8. The number of para-hydroxylation sites is 2. The number of benzene rings is 5. The highest BCUT2D eigenvalue weighted by Gasteiger charge is 2.14. The van der Waals surface area contributed by atoms with Crippen LogP contribution in [-0.4, -0.2) is 4.98 Å². The highest BCUT2D eigenvalue weighted by atomic mass is 32.1. The first kappa shape index (κ1) is 17.7. The van der Waals surface area contributed by atoms with E-state index in [1.165, 1.54) is 15.5 Å². The first-order valence-corrected chi connectivity index (χ1v) is 11.5. The molecule has 0 aliphatic carbocycles. The van der Waals surface area contributed by atoms with Crippen molar-refractivity contribution >= 4 is 54.3 Å². The Hall–Kier alpha value is -3.95. The molecule has 0 amide bonds. The molecular weight excluding hydrogens is 410 g/mol. The molecule has 0 aliphatic rings. The Kier molecular flexibility index (Phi) is 3.75. The number of thiazole rings is 1. The van der Waals surface area contributed by atoms with E-state index in [1.807, 2.05) is 18.2 Å². The molecule has 0 atom stereocenters. The number of fused-ring (bicyclic) bond motifs is 6. The Morgan fingerprint density at radius 3 is 2.38 bits per heavy atom. The maximum absolute atomic E-state index is 6.29. The molecule has 0 N–H and O–H groups in total. The molecule has 0 spiro atoms. The van der Waals surface area contributed by atoms with Crippen LogP contribution < -0.4 is 0 Å². The SMILES string of the molecule is c1ccc(-c2nc3c(ccc4ccc(-c5cccc6c5oc5ccccc56)cc43)s2)cc1. The van der Waals surface area contributed by atoms with Crippen molar-refractivity contribution in [3.63, 3.8) is 0 Å². The van der Waals surface area contributed by atoms with E-state index in [1.54, 1.807) is 11.3 Å². The summed E-state index contributed by atoms with van der Waals surface area (Å²) >= 11 is 1.74. The lowest BCUT2D eigenvalue weighted by atomic mass is 9.99. The average Bonchev–Trinajstić information content (AvgIpc) is 3.46. The van der Waals surface area contributed by atoms with Crippen LogP contribution >= 0.6 is 11.3 Å². The molecule has 0 unspecified atom stereocenters. The lowest BCUT2D eigenvalue weighted by Crippen LogP contribution is -1.82. The zero-order chi connectivity index (χ0) is 21.1. The summed E-state index contributed by atoms with van der Waals surface area (Å²) in [7, 11) is 0. The zero-order valence-electron chi connectivity index (χ0n) is 17.1. The summed E-state index contributed by atoms with van der Waals surface area (Å²) in [6, 6.07) is 36.0. The molecule has 2 aromatic heterocycles. The molecule has 3 heteroatoms. The highest BCUT2D eigenvalue weighted by Crippen LogP contribution is 2.39. The predicted octanol–water partition coefficient (Wildman–Crippen LogP) is 8.68. The van der Waals surface area contributed by atoms with Gasteiger partial charge in [0.1, 0.15) is 16.2 Å². The van der Waals surface area contributed by atoms with Crippen molar-refractivity contribution in [2.24, 2.45) is 0 Å². The van der Waals surface area contributed by atoms with Crippen LogP contribution in [0.25, 0.3) is 64.6 Å². The second-order valence-corrected chi connectivity index (χ2v) is 9.04. The molecule has 0 saturated carbocycles. The number of hydrogen-bond acceptors (Lipinski definition) is 3. The van der Waals surface area contributed by atoms with Gasteiger partial charge in [0.25, 0.3) is 0 Å². The summed E-state index contributed by atoms with van der Waals surface area (Å²) in [4.78, 5) is 5.04. The van der Waals surface area contributed by atoms with Gasteiger partial charge in [0.2, 0.25) is 0 Å². The Morgan fingerprint density at radius 2 is 1.44 bits per heavy atom. The van der Waals surface area contributed by atoms with Crippen molar-refractivity contribution in [3.8, 4) is 21.7 Å². The number of rotatable bonds is 2. The third-order valence-corrected chi connectivity index (χ3v) is 7.18. The third kappa shape index (κ3) is 2.62. The van der Waals surface area contributed by atoms with E-state index < -0.39 is 0 Å². The van der Waals surface area contributed by atoms with Crippen LogP contribution in [0.5, 0.6) is 0 Å². The van der Waals surface area contributed by atoms with Gasteiger partial charge >= 0.3 is 0 Å². The van der Waals surface area contributed by atoms with E-state index in [4.69, 9.17) is 9.40 Å². The summed E-state index contributed by atoms with van der Waals surface area (Å²) < 4.78 is 7.49. The molecule has 0 saturated heterocycles. The van der Waals surface area contributed by atoms with E-state index >= 15 is 0 Å². The van der Waals surface area contributed by atoms with Crippen LogP contribution in [0.4, 0.5) is 0 Å². The summed E-state index contributed by atoms with van der Waals surface area (Å²) in [5.74, 6) is 0. The monoisotopic (exact) mass is 427 g/mol. The standard InChI is InChI=1S/C29H17NOS/c1-2-7-19(8-3-1)29-30-27-24-17-20(14-13-18(24)15-16-26(27)32-29)21-10-6-11-23-22-9-4-5-12-25(22)31-28(21)23/h1-17H. The molecule has 5 aromatic carbocycles. The fraction of sp³-hybridized carbons (Fsp3) is 0. The molecule has 32 heavy (non-hydrogen) atoms. The summed E-state index contributed by atoms with van der Waals surface area (Å²) in [6.07, 6.45) is 0. The van der Waals surface area contributed by atoms with Crippen LogP contribution in [0.15, 0.2) is 108 Å². The summed E-state index contributed by atoms with van der Waals surface area (Å²) in [5.41, 5.74) is 6.32. The van der Waals surface area contributed by atoms with Crippen molar-refractivity contribution in [2.75, 3.05) is 0 Å². The van der Waals surface area contributed by atoms with Gasteiger partial charge in [-0.2, -0.15) is 0 Å². The predicted molar refractivity (Wildman–Crippen MR) is 135 cm³/mol. The molecule has 2 heterocycles. The minimum absolute atomic E-state index is 0.921. The van der Waals surface area contributed by atoms with Gasteiger partial charge in [-0.15, -0.1) is 11.3 Å². The average molecular weight is 428 g/mol. The van der Waals surface area contributed by atoms with Crippen LogP contribution in [0, 0.1) is 0 Å². The fourth-order valence-corrected chi connectivity index (χ4v) is 5.54. The molecule has 2 nitrogen and oxygen atoms in total. The Morgan fingerprint density at radius 1 is 0.625 bits per heavy atom. The van der Waals surface area contributed by atoms with Crippen molar-refractivity contribution < 1.29 is 4.42 Å². The van der Waals surface area contributed by atoms with Crippen molar-refractivity contribution in [3.05, 3.63) is 103 Å². The van der Waals surface area contributed by atoms with Gasteiger partial charge in [0.05, 0.1) is 10.2 Å². The first-order valence-electron chi connectivity index (χ1n) is 10.6. The van der Waals surface area contributed by atoms with Crippen molar-refractivity contribution in [2.45, 2.75) is 0 Å². The van der Waals surface area contributed by atoms with Crippen molar-refractivity contribution in [1.82, 2.24) is 4.98 Å². The van der Waals surface area contributed by atoms with Crippen LogP contribution in [-0.2, 0) is 0 Å². The minimum atomic E-state index is 0.921. The molecule has 0 aliphatic heterocycles. The summed E-state index contributed by atoms with van der Waals surface area (Å²) in [6.45, 7) is 0. The van der Waals surface area contributed by atoms with Gasteiger partial charge in [0.15, 0.2) is 0 Å². The quantitative estimate of drug-likeness (QED) is 0.276. The van der Waals surface area contributed by atoms with E-state index in [0.717, 1.165) is 49.2 Å². The lowest BCUT2D eigenvalue weighted by Gasteiger charge is -2.06. The maximum atomic E-state index is 6.29. The normalized spacial score (nSPS) is 11.8. The van der Waals surface area contributed by atoms with Gasteiger partial charge in [0, 0.05) is 27.3 Å². The Bertz CT molecular complexity index is 1780. The summed E-state index contributed by atoms with van der Waals surface area (Å²) in [5, 5.41) is 5.73. The molecule has 7 aromatic rings. The lowest BCUT2D eigenvalue weighted by molar-refractivity contribution is 0.670. The van der Waals surface area contributed by atoms with Gasteiger partial charge in [-0.25, -0.2) is 4.98 Å². The second kappa shape index (κ2) is 6.78. The Balaban J connectivity index is 1.47. The van der Waals surface area contributed by atoms with Crippen LogP contribution in [0.2, 0.25) is 0 Å². The van der Waals surface area contributed by atoms with Gasteiger partial charge in [-0.3, -0.25) is 0 Å². The molecule has 0 bridgehead atoms. The molecule has 7 rings (SSSR count). The van der Waals surface area contributed by atoms with Gasteiger partial charge < -0.3 is 4.42 Å². The van der Waals surface area contributed by atoms with E-state index in [9.17, 15) is 0 Å². The molecular formula is C29H17NOS. The van der Waals surface area contributed by atoms with E-state index in [0.29, 0.717) is 0 Å². The fourth-order valence-electron chi connectivity index (χ4n) is 4.56. The Labute approximate surface area is 188 Å². The number of furan rings is 1. The number of nitrogens with zero attached hydrogens (tertiary/aromatic N) is 1. The second-order valence-electron chi connectivity index (χ2n) is 8.01. The topological polar surface area (TPSA) is 26.0 Å². The van der Waals surface area contributed by atoms with Crippen molar-refractivity contribution in [1.29, 1.82) is 0 Å². The zero-order valence-corrected chi connectivity index (χ0v) is 17.9. The highest BCUT2D eigenvalue weighted by molar-refractivity contribution is 7.21.